The normalized spacial score (nSPS) is 21.8. The molecule has 28 heavy (non-hydrogen) atoms. The largest absolute Gasteiger partial charge is 0.444 e. The van der Waals surface area contributed by atoms with Crippen LogP contribution in [0.3, 0.4) is 0 Å². The van der Waals surface area contributed by atoms with E-state index in [9.17, 15) is 14.4 Å². The smallest absolute Gasteiger partial charge is 0.410 e. The molecule has 1 aliphatic carbocycles. The highest BCUT2D eigenvalue weighted by atomic mass is 16.6. The van der Waals surface area contributed by atoms with Crippen molar-refractivity contribution in [2.75, 3.05) is 18.0 Å². The lowest BCUT2D eigenvalue weighted by molar-refractivity contribution is -0.123. The topological polar surface area (TPSA) is 79.0 Å². The minimum Gasteiger partial charge on any atom is -0.444 e. The molecular formula is C21H27N3O4. The Labute approximate surface area is 165 Å². The maximum absolute atomic E-state index is 13.1. The highest BCUT2D eigenvalue weighted by Gasteiger charge is 2.53. The molecular weight excluding hydrogens is 358 g/mol. The number of hydrogen-bond acceptors (Lipinski definition) is 4. The second-order valence-electron chi connectivity index (χ2n) is 8.99. The van der Waals surface area contributed by atoms with Gasteiger partial charge < -0.3 is 15.0 Å². The minimum absolute atomic E-state index is 0.236. The summed E-state index contributed by atoms with van der Waals surface area (Å²) in [7, 11) is 0. The van der Waals surface area contributed by atoms with Gasteiger partial charge in [-0.1, -0.05) is 12.1 Å². The van der Waals surface area contributed by atoms with Crippen molar-refractivity contribution in [2.45, 2.75) is 63.5 Å². The fourth-order valence-electron chi connectivity index (χ4n) is 3.90. The lowest BCUT2D eigenvalue weighted by Gasteiger charge is -2.37. The Hall–Kier alpha value is -2.57. The SMILES string of the molecule is CC(C)(C)OC(=O)N1CCC2(CC1)NC(=O)N(c1ccc(C3CC3)cc1)C2=O. The number of amides is 4. The zero-order valence-electron chi connectivity index (χ0n) is 16.7. The van der Waals surface area contributed by atoms with Gasteiger partial charge in [0, 0.05) is 13.1 Å². The van der Waals surface area contributed by atoms with E-state index in [1.54, 1.807) is 4.90 Å². The molecule has 0 unspecified atom stereocenters. The van der Waals surface area contributed by atoms with E-state index in [4.69, 9.17) is 4.74 Å². The molecule has 1 aromatic rings. The number of nitrogens with zero attached hydrogens (tertiary/aromatic N) is 2. The van der Waals surface area contributed by atoms with E-state index in [1.807, 2.05) is 45.0 Å². The first-order valence-corrected chi connectivity index (χ1v) is 9.93. The highest BCUT2D eigenvalue weighted by molar-refractivity contribution is 6.23. The van der Waals surface area contributed by atoms with Crippen LogP contribution in [0.15, 0.2) is 24.3 Å². The summed E-state index contributed by atoms with van der Waals surface area (Å²) in [6.07, 6.45) is 2.80. The molecule has 0 radical (unpaired) electrons. The Morgan fingerprint density at radius 2 is 1.71 bits per heavy atom. The molecule has 0 bridgehead atoms. The molecule has 2 heterocycles. The maximum atomic E-state index is 13.1. The second-order valence-corrected chi connectivity index (χ2v) is 8.99. The van der Waals surface area contributed by atoms with Crippen molar-refractivity contribution in [1.82, 2.24) is 10.2 Å². The number of piperidine rings is 1. The summed E-state index contributed by atoms with van der Waals surface area (Å²) >= 11 is 0. The fraction of sp³-hybridized carbons (Fsp3) is 0.571. The zero-order valence-corrected chi connectivity index (χ0v) is 16.7. The van der Waals surface area contributed by atoms with Crippen molar-refractivity contribution in [3.63, 3.8) is 0 Å². The van der Waals surface area contributed by atoms with Gasteiger partial charge in [0.05, 0.1) is 5.69 Å². The predicted octanol–water partition coefficient (Wildman–Crippen LogP) is 3.39. The van der Waals surface area contributed by atoms with Crippen LogP contribution in [0.25, 0.3) is 0 Å². The first-order chi connectivity index (χ1) is 13.2. The molecule has 0 aromatic heterocycles. The van der Waals surface area contributed by atoms with Gasteiger partial charge in [-0.15, -0.1) is 0 Å². The predicted molar refractivity (Wildman–Crippen MR) is 104 cm³/mol. The van der Waals surface area contributed by atoms with Crippen molar-refractivity contribution in [3.05, 3.63) is 29.8 Å². The number of rotatable bonds is 2. The molecule has 150 valence electrons. The van der Waals surface area contributed by atoms with Gasteiger partial charge in [0.25, 0.3) is 5.91 Å². The molecule has 2 saturated heterocycles. The number of hydrogen-bond donors (Lipinski definition) is 1. The summed E-state index contributed by atoms with van der Waals surface area (Å²) < 4.78 is 5.41. The number of carbonyl (C=O) groups excluding carboxylic acids is 3. The van der Waals surface area contributed by atoms with Crippen LogP contribution < -0.4 is 10.2 Å². The summed E-state index contributed by atoms with van der Waals surface area (Å²) in [5, 5.41) is 2.88. The monoisotopic (exact) mass is 385 g/mol. The minimum atomic E-state index is -0.940. The van der Waals surface area contributed by atoms with E-state index in [-0.39, 0.29) is 12.0 Å². The molecule has 7 heteroatoms. The Bertz CT molecular complexity index is 800. The molecule has 1 saturated carbocycles. The fourth-order valence-corrected chi connectivity index (χ4v) is 3.90. The summed E-state index contributed by atoms with van der Waals surface area (Å²) in [5.74, 6) is 0.390. The van der Waals surface area contributed by atoms with Crippen LogP contribution in [0.4, 0.5) is 15.3 Å². The number of nitrogens with one attached hydrogen (secondary N) is 1. The molecule has 1 aromatic carbocycles. The third kappa shape index (κ3) is 3.45. The summed E-state index contributed by atoms with van der Waals surface area (Å²) in [6, 6.07) is 7.31. The first kappa shape index (κ1) is 18.8. The van der Waals surface area contributed by atoms with Crippen molar-refractivity contribution in [2.24, 2.45) is 0 Å². The first-order valence-electron chi connectivity index (χ1n) is 9.93. The summed E-state index contributed by atoms with van der Waals surface area (Å²) in [5.41, 5.74) is 0.354. The van der Waals surface area contributed by atoms with Gasteiger partial charge in [0.2, 0.25) is 0 Å². The number of anilines is 1. The van der Waals surface area contributed by atoms with Crippen molar-refractivity contribution >= 4 is 23.7 Å². The molecule has 1 N–H and O–H groups in total. The summed E-state index contributed by atoms with van der Waals surface area (Å²) in [4.78, 5) is 40.8. The van der Waals surface area contributed by atoms with Crippen LogP contribution in [0.5, 0.6) is 0 Å². The molecule has 0 atom stereocenters. The van der Waals surface area contributed by atoms with Crippen LogP contribution in [-0.2, 0) is 9.53 Å². The van der Waals surface area contributed by atoms with Gasteiger partial charge in [-0.3, -0.25) is 4.79 Å². The van der Waals surface area contributed by atoms with Gasteiger partial charge in [0.1, 0.15) is 11.1 Å². The van der Waals surface area contributed by atoms with E-state index < -0.39 is 17.2 Å². The molecule has 3 fully saturated rings. The molecule has 3 aliphatic rings. The van der Waals surface area contributed by atoms with Gasteiger partial charge in [-0.05, 0) is 70.1 Å². The third-order valence-electron chi connectivity index (χ3n) is 5.63. The third-order valence-corrected chi connectivity index (χ3v) is 5.63. The molecule has 4 rings (SSSR count). The number of benzene rings is 1. The molecule has 2 aliphatic heterocycles. The van der Waals surface area contributed by atoms with Crippen molar-refractivity contribution in [3.8, 4) is 0 Å². The molecule has 4 amide bonds. The van der Waals surface area contributed by atoms with Gasteiger partial charge in [-0.25, -0.2) is 14.5 Å². The van der Waals surface area contributed by atoms with E-state index in [0.717, 1.165) is 0 Å². The maximum Gasteiger partial charge on any atom is 0.410 e. The standard InChI is InChI=1S/C21H27N3O4/c1-20(2,3)28-19(27)23-12-10-21(11-13-23)17(25)24(18(26)22-21)16-8-6-15(7-9-16)14-4-5-14/h6-9,14H,4-5,10-13H2,1-3H3,(H,22,26). The quantitative estimate of drug-likeness (QED) is 0.792. The van der Waals surface area contributed by atoms with Gasteiger partial charge in [-0.2, -0.15) is 0 Å². The van der Waals surface area contributed by atoms with E-state index >= 15 is 0 Å². The number of carbonyl (C=O) groups is 3. The Morgan fingerprint density at radius 1 is 1.11 bits per heavy atom. The number of urea groups is 1. The van der Waals surface area contributed by atoms with Crippen LogP contribution in [0.1, 0.15) is 57.9 Å². The Balaban J connectivity index is 1.44. The van der Waals surface area contributed by atoms with Crippen LogP contribution in [-0.4, -0.2) is 47.2 Å². The van der Waals surface area contributed by atoms with Crippen LogP contribution in [0, 0.1) is 0 Å². The van der Waals surface area contributed by atoms with Crippen LogP contribution in [0.2, 0.25) is 0 Å². The van der Waals surface area contributed by atoms with Crippen LogP contribution >= 0.6 is 0 Å². The lowest BCUT2D eigenvalue weighted by atomic mass is 9.87. The number of likely N-dealkylation sites (tertiary alicyclic amines) is 1. The average Bonchev–Trinajstić information content (AvgIpc) is 3.43. The van der Waals surface area contributed by atoms with Crippen molar-refractivity contribution < 1.29 is 19.1 Å². The highest BCUT2D eigenvalue weighted by Crippen LogP contribution is 2.41. The average molecular weight is 385 g/mol. The number of imide groups is 1. The second kappa shape index (κ2) is 6.50. The van der Waals surface area contributed by atoms with E-state index in [1.165, 1.54) is 23.3 Å². The van der Waals surface area contributed by atoms with E-state index in [2.05, 4.69) is 5.32 Å². The zero-order chi connectivity index (χ0) is 20.1. The molecule has 7 nitrogen and oxygen atoms in total. The lowest BCUT2D eigenvalue weighted by Crippen LogP contribution is -2.56. The van der Waals surface area contributed by atoms with E-state index in [0.29, 0.717) is 37.5 Å². The summed E-state index contributed by atoms with van der Waals surface area (Å²) in [6.45, 7) is 6.21. The Kier molecular flexibility index (Phi) is 4.36. The molecule has 1 spiro atoms. The Morgan fingerprint density at radius 3 is 2.25 bits per heavy atom. The van der Waals surface area contributed by atoms with Gasteiger partial charge >= 0.3 is 12.1 Å². The van der Waals surface area contributed by atoms with Crippen molar-refractivity contribution in [1.29, 1.82) is 0 Å². The van der Waals surface area contributed by atoms with Gasteiger partial charge in [0.15, 0.2) is 0 Å². The number of ether oxygens (including phenoxy) is 1.